The van der Waals surface area contributed by atoms with E-state index in [9.17, 15) is 0 Å². The highest BCUT2D eigenvalue weighted by Gasteiger charge is 2.37. The van der Waals surface area contributed by atoms with Crippen molar-refractivity contribution in [1.82, 2.24) is 0 Å². The Balaban J connectivity index is 1.68. The number of benzene rings is 5. The van der Waals surface area contributed by atoms with E-state index in [1.165, 1.54) is 0 Å². The zero-order chi connectivity index (χ0) is 23.9. The van der Waals surface area contributed by atoms with E-state index in [1.54, 1.807) is 0 Å². The van der Waals surface area contributed by atoms with Gasteiger partial charge in [0.05, 0.1) is 26.4 Å². The fourth-order valence-electron chi connectivity index (χ4n) is 5.66. The predicted molar refractivity (Wildman–Crippen MR) is 147 cm³/mol. The molecular weight excluding hydrogens is 446 g/mol. The Morgan fingerprint density at radius 3 is 1.19 bits per heavy atom. The van der Waals surface area contributed by atoms with Crippen molar-refractivity contribution in [2.45, 2.75) is 0 Å². The van der Waals surface area contributed by atoms with E-state index in [-0.39, 0.29) is 0 Å². The van der Waals surface area contributed by atoms with E-state index >= 15 is 0 Å². The van der Waals surface area contributed by atoms with E-state index < -0.39 is 14.2 Å². The average Bonchev–Trinajstić information content (AvgIpc) is 3.67. The summed E-state index contributed by atoms with van der Waals surface area (Å²) in [4.78, 5) is 0. The second kappa shape index (κ2) is 9.23. The molecule has 7 rings (SSSR count). The third kappa shape index (κ3) is 3.57. The molecule has 174 valence electrons. The van der Waals surface area contributed by atoms with E-state index in [4.69, 9.17) is 18.6 Å². The second-order valence-corrected chi connectivity index (χ2v) is 9.16. The molecule has 0 N–H and O–H groups in total. The lowest BCUT2D eigenvalue weighted by Crippen LogP contribution is -2.39. The van der Waals surface area contributed by atoms with Crippen molar-refractivity contribution in [3.8, 4) is 22.3 Å². The lowest BCUT2D eigenvalue weighted by atomic mass is 9.64. The van der Waals surface area contributed by atoms with Crippen LogP contribution in [0.2, 0.25) is 0 Å². The number of rotatable bonds is 4. The van der Waals surface area contributed by atoms with Gasteiger partial charge in [-0.2, -0.15) is 0 Å². The van der Waals surface area contributed by atoms with Gasteiger partial charge in [-0.1, -0.05) is 97.1 Å². The SMILES string of the molecule is c1ccc(-c2cccc3c(B4OCCO4)c4c(-c5ccccc5)cccc4c(B4OCCO4)c23)cc1. The summed E-state index contributed by atoms with van der Waals surface area (Å²) in [6, 6.07) is 34.0. The third-order valence-electron chi connectivity index (χ3n) is 7.13. The molecule has 4 nitrogen and oxygen atoms in total. The Bertz CT molecular complexity index is 1430. The van der Waals surface area contributed by atoms with Crippen LogP contribution in [0.25, 0.3) is 43.8 Å². The fourth-order valence-corrected chi connectivity index (χ4v) is 5.66. The summed E-state index contributed by atoms with van der Waals surface area (Å²) in [6.45, 7) is 2.32. The predicted octanol–water partition coefficient (Wildman–Crippen LogP) is 4.81. The van der Waals surface area contributed by atoms with Gasteiger partial charge in [0.1, 0.15) is 0 Å². The highest BCUT2D eigenvalue weighted by atomic mass is 16.6. The summed E-state index contributed by atoms with van der Waals surface area (Å²) in [5.74, 6) is 0. The Labute approximate surface area is 211 Å². The third-order valence-corrected chi connectivity index (χ3v) is 7.13. The van der Waals surface area contributed by atoms with Crippen molar-refractivity contribution in [2.75, 3.05) is 26.4 Å². The largest absolute Gasteiger partial charge is 0.495 e. The molecule has 0 bridgehead atoms. The molecule has 0 amide bonds. The lowest BCUT2D eigenvalue weighted by Gasteiger charge is -2.23. The fraction of sp³-hybridized carbons (Fsp3) is 0.133. The minimum atomic E-state index is -0.439. The molecule has 0 aromatic heterocycles. The van der Waals surface area contributed by atoms with E-state index in [0.29, 0.717) is 26.4 Å². The molecule has 5 aromatic carbocycles. The summed E-state index contributed by atoms with van der Waals surface area (Å²) >= 11 is 0. The molecule has 2 aliphatic rings. The van der Waals surface area contributed by atoms with Gasteiger partial charge in [0.2, 0.25) is 0 Å². The van der Waals surface area contributed by atoms with Crippen LogP contribution in [-0.4, -0.2) is 40.7 Å². The summed E-state index contributed by atoms with van der Waals surface area (Å²) in [5, 5.41) is 4.46. The minimum absolute atomic E-state index is 0.439. The van der Waals surface area contributed by atoms with Gasteiger partial charge in [0, 0.05) is 0 Å². The molecule has 2 heterocycles. The first-order chi connectivity index (χ1) is 17.9. The maximum atomic E-state index is 6.17. The molecule has 0 atom stereocenters. The van der Waals surface area contributed by atoms with Gasteiger partial charge in [-0.05, 0) is 54.7 Å². The van der Waals surface area contributed by atoms with Crippen LogP contribution in [0, 0.1) is 0 Å². The molecule has 0 saturated carbocycles. The van der Waals surface area contributed by atoms with Crippen LogP contribution in [0.4, 0.5) is 0 Å². The van der Waals surface area contributed by atoms with Gasteiger partial charge >= 0.3 is 14.2 Å². The van der Waals surface area contributed by atoms with Gasteiger partial charge in [-0.3, -0.25) is 0 Å². The van der Waals surface area contributed by atoms with Crippen molar-refractivity contribution < 1.29 is 18.6 Å². The highest BCUT2D eigenvalue weighted by Crippen LogP contribution is 2.35. The zero-order valence-corrected chi connectivity index (χ0v) is 19.9. The van der Waals surface area contributed by atoms with Crippen LogP contribution in [0.1, 0.15) is 0 Å². The van der Waals surface area contributed by atoms with Gasteiger partial charge in [0.25, 0.3) is 0 Å². The molecule has 36 heavy (non-hydrogen) atoms. The van der Waals surface area contributed by atoms with Crippen LogP contribution < -0.4 is 10.9 Å². The Hall–Kier alpha value is -3.41. The van der Waals surface area contributed by atoms with Gasteiger partial charge in [-0.15, -0.1) is 0 Å². The average molecular weight is 470 g/mol. The van der Waals surface area contributed by atoms with Crippen molar-refractivity contribution in [2.24, 2.45) is 0 Å². The zero-order valence-electron chi connectivity index (χ0n) is 19.9. The Morgan fingerprint density at radius 1 is 0.417 bits per heavy atom. The summed E-state index contributed by atoms with van der Waals surface area (Å²) in [6.07, 6.45) is 0. The summed E-state index contributed by atoms with van der Waals surface area (Å²) in [5.41, 5.74) is 6.73. The van der Waals surface area contributed by atoms with Crippen LogP contribution >= 0.6 is 0 Å². The second-order valence-electron chi connectivity index (χ2n) is 9.16. The highest BCUT2D eigenvalue weighted by molar-refractivity contribution is 6.74. The number of hydrogen-bond acceptors (Lipinski definition) is 4. The maximum absolute atomic E-state index is 6.17. The van der Waals surface area contributed by atoms with Gasteiger partial charge in [0.15, 0.2) is 0 Å². The first kappa shape index (κ1) is 21.8. The number of fused-ring (bicyclic) bond motifs is 2. The Morgan fingerprint density at radius 2 is 0.806 bits per heavy atom. The number of hydrogen-bond donors (Lipinski definition) is 0. The van der Waals surface area contributed by atoms with E-state index in [2.05, 4.69) is 84.9 Å². The standard InChI is InChI=1S/C30H24B2O4/c1-3-9-21(10-4-1)23-13-7-15-25-27(23)29(31-33-17-18-34-31)26-16-8-14-24(22-11-5-2-6-12-22)28(26)30(25)32-35-19-20-36-32/h1-16H,17-20H2. The minimum Gasteiger partial charge on any atom is -0.405 e. The van der Waals surface area contributed by atoms with Crippen molar-refractivity contribution in [3.05, 3.63) is 97.1 Å². The molecule has 2 fully saturated rings. The molecule has 2 aliphatic heterocycles. The lowest BCUT2D eigenvalue weighted by molar-refractivity contribution is 0.365. The van der Waals surface area contributed by atoms with Crippen LogP contribution in [-0.2, 0) is 18.6 Å². The molecule has 0 aliphatic carbocycles. The molecule has 0 radical (unpaired) electrons. The topological polar surface area (TPSA) is 36.9 Å². The summed E-state index contributed by atoms with van der Waals surface area (Å²) in [7, 11) is -0.879. The molecule has 0 spiro atoms. The molecule has 0 unspecified atom stereocenters. The first-order valence-electron chi connectivity index (χ1n) is 12.5. The van der Waals surface area contributed by atoms with Gasteiger partial charge < -0.3 is 18.6 Å². The van der Waals surface area contributed by atoms with Gasteiger partial charge in [-0.25, -0.2) is 0 Å². The Kier molecular flexibility index (Phi) is 5.60. The maximum Gasteiger partial charge on any atom is 0.495 e. The van der Waals surface area contributed by atoms with Crippen molar-refractivity contribution >= 4 is 46.7 Å². The van der Waals surface area contributed by atoms with E-state index in [1.807, 2.05) is 12.1 Å². The molecular formula is C30H24B2O4. The first-order valence-corrected chi connectivity index (χ1v) is 12.5. The molecule has 2 saturated heterocycles. The quantitative estimate of drug-likeness (QED) is 0.279. The van der Waals surface area contributed by atoms with Crippen molar-refractivity contribution in [1.29, 1.82) is 0 Å². The van der Waals surface area contributed by atoms with E-state index in [0.717, 1.165) is 54.7 Å². The smallest absolute Gasteiger partial charge is 0.405 e. The monoisotopic (exact) mass is 470 g/mol. The summed E-state index contributed by atoms with van der Waals surface area (Å²) < 4.78 is 24.7. The molecule has 6 heteroatoms. The normalized spacial score (nSPS) is 15.9. The molecule has 5 aromatic rings. The van der Waals surface area contributed by atoms with Crippen LogP contribution in [0.5, 0.6) is 0 Å². The van der Waals surface area contributed by atoms with Crippen LogP contribution in [0.15, 0.2) is 97.1 Å². The van der Waals surface area contributed by atoms with Crippen molar-refractivity contribution in [3.63, 3.8) is 0 Å². The van der Waals surface area contributed by atoms with Crippen LogP contribution in [0.3, 0.4) is 0 Å².